The first-order valence-electron chi connectivity index (χ1n) is 8.64. The summed E-state index contributed by atoms with van der Waals surface area (Å²) in [7, 11) is 3.33. The molecule has 28 heavy (non-hydrogen) atoms. The highest BCUT2D eigenvalue weighted by atomic mass is 32.2. The Morgan fingerprint density at radius 2 is 1.29 bits per heavy atom. The lowest BCUT2D eigenvalue weighted by Crippen LogP contribution is -1.94. The Balaban J connectivity index is 1.77. The summed E-state index contributed by atoms with van der Waals surface area (Å²) in [5, 5.41) is 2.78. The first kappa shape index (κ1) is 18.5. The molecule has 140 valence electrons. The van der Waals surface area contributed by atoms with Crippen LogP contribution in [0.2, 0.25) is 0 Å². The zero-order valence-electron chi connectivity index (χ0n) is 15.5. The Morgan fingerprint density at radius 3 is 1.71 bits per heavy atom. The van der Waals surface area contributed by atoms with Gasteiger partial charge in [0.1, 0.15) is 11.5 Å². The SMILES string of the molecule is COc1ccc(-c2cc(-c3ccc(OC)cc3)nc(Sc3cccs3)n2)cc1. The van der Waals surface area contributed by atoms with Gasteiger partial charge in [-0.25, -0.2) is 9.97 Å². The number of ether oxygens (including phenoxy) is 2. The van der Waals surface area contributed by atoms with E-state index in [0.717, 1.165) is 43.4 Å². The highest BCUT2D eigenvalue weighted by Crippen LogP contribution is 2.33. The van der Waals surface area contributed by atoms with Crippen LogP contribution in [0.5, 0.6) is 11.5 Å². The maximum absolute atomic E-state index is 5.27. The summed E-state index contributed by atoms with van der Waals surface area (Å²) in [6.07, 6.45) is 0. The van der Waals surface area contributed by atoms with Gasteiger partial charge in [0.05, 0.1) is 29.8 Å². The summed E-state index contributed by atoms with van der Waals surface area (Å²) >= 11 is 3.26. The molecule has 0 bridgehead atoms. The Kier molecular flexibility index (Phi) is 5.60. The lowest BCUT2D eigenvalue weighted by atomic mass is 10.1. The minimum absolute atomic E-state index is 0.724. The molecule has 0 aliphatic heterocycles. The van der Waals surface area contributed by atoms with E-state index in [0.29, 0.717) is 0 Å². The molecular formula is C22H18N2O2S2. The monoisotopic (exact) mass is 406 g/mol. The number of nitrogens with zero attached hydrogens (tertiary/aromatic N) is 2. The van der Waals surface area contributed by atoms with Gasteiger partial charge < -0.3 is 9.47 Å². The molecule has 0 unspecified atom stereocenters. The maximum Gasteiger partial charge on any atom is 0.194 e. The Bertz CT molecular complexity index is 981. The fraction of sp³-hybridized carbons (Fsp3) is 0.0909. The predicted molar refractivity (Wildman–Crippen MR) is 114 cm³/mol. The van der Waals surface area contributed by atoms with Crippen LogP contribution in [0.25, 0.3) is 22.5 Å². The minimum atomic E-state index is 0.724. The van der Waals surface area contributed by atoms with Crippen molar-refractivity contribution in [2.24, 2.45) is 0 Å². The molecule has 0 spiro atoms. The minimum Gasteiger partial charge on any atom is -0.497 e. The molecule has 4 rings (SSSR count). The molecular weight excluding hydrogens is 388 g/mol. The van der Waals surface area contributed by atoms with Crippen LogP contribution in [-0.4, -0.2) is 24.2 Å². The Hall–Kier alpha value is -2.83. The third-order valence-electron chi connectivity index (χ3n) is 4.16. The van der Waals surface area contributed by atoms with Gasteiger partial charge in [0.15, 0.2) is 5.16 Å². The van der Waals surface area contributed by atoms with Gasteiger partial charge in [0.25, 0.3) is 0 Å². The van der Waals surface area contributed by atoms with Gasteiger partial charge in [-0.3, -0.25) is 0 Å². The van der Waals surface area contributed by atoms with E-state index in [1.165, 1.54) is 0 Å². The van der Waals surface area contributed by atoms with Crippen LogP contribution in [0.1, 0.15) is 0 Å². The molecule has 0 N–H and O–H groups in total. The first-order valence-corrected chi connectivity index (χ1v) is 10.3. The molecule has 2 aromatic carbocycles. The number of benzene rings is 2. The van der Waals surface area contributed by atoms with Crippen molar-refractivity contribution in [3.05, 3.63) is 72.1 Å². The third kappa shape index (κ3) is 4.18. The van der Waals surface area contributed by atoms with Crippen molar-refractivity contribution in [1.82, 2.24) is 9.97 Å². The lowest BCUT2D eigenvalue weighted by molar-refractivity contribution is 0.415. The molecule has 6 heteroatoms. The van der Waals surface area contributed by atoms with Crippen LogP contribution < -0.4 is 9.47 Å². The zero-order valence-corrected chi connectivity index (χ0v) is 17.1. The lowest BCUT2D eigenvalue weighted by Gasteiger charge is -2.09. The van der Waals surface area contributed by atoms with Gasteiger partial charge >= 0.3 is 0 Å². The summed E-state index contributed by atoms with van der Waals surface area (Å²) < 4.78 is 11.7. The Labute approximate surface area is 172 Å². The maximum atomic E-state index is 5.27. The molecule has 0 amide bonds. The quantitative estimate of drug-likeness (QED) is 0.365. The van der Waals surface area contributed by atoms with Gasteiger partial charge in [-0.2, -0.15) is 0 Å². The number of hydrogen-bond donors (Lipinski definition) is 0. The molecule has 4 nitrogen and oxygen atoms in total. The highest BCUT2D eigenvalue weighted by molar-refractivity contribution is 8.01. The molecule has 0 saturated carbocycles. The van der Waals surface area contributed by atoms with Gasteiger partial charge in [-0.15, -0.1) is 11.3 Å². The van der Waals surface area contributed by atoms with Crippen molar-refractivity contribution in [2.45, 2.75) is 9.37 Å². The molecule has 2 heterocycles. The summed E-state index contributed by atoms with van der Waals surface area (Å²) in [4.78, 5) is 9.57. The second-order valence-corrected chi connectivity index (χ2v) is 8.13. The van der Waals surface area contributed by atoms with E-state index in [1.807, 2.05) is 60.7 Å². The van der Waals surface area contributed by atoms with Crippen molar-refractivity contribution in [2.75, 3.05) is 14.2 Å². The van der Waals surface area contributed by atoms with Crippen LogP contribution in [0, 0.1) is 0 Å². The van der Waals surface area contributed by atoms with E-state index in [2.05, 4.69) is 11.4 Å². The summed E-state index contributed by atoms with van der Waals surface area (Å²) in [6.45, 7) is 0. The van der Waals surface area contributed by atoms with E-state index in [1.54, 1.807) is 37.3 Å². The standard InChI is InChI=1S/C22H18N2O2S2/c1-25-17-9-5-15(6-10-17)19-14-20(16-7-11-18(26-2)12-8-16)24-22(23-19)28-21-4-3-13-27-21/h3-14H,1-2H3. The van der Waals surface area contributed by atoms with E-state index < -0.39 is 0 Å². The van der Waals surface area contributed by atoms with Crippen molar-refractivity contribution in [3.8, 4) is 34.0 Å². The van der Waals surface area contributed by atoms with Crippen LogP contribution in [0.4, 0.5) is 0 Å². The average molecular weight is 407 g/mol. The third-order valence-corrected chi connectivity index (χ3v) is 6.07. The van der Waals surface area contributed by atoms with Crippen LogP contribution in [0.3, 0.4) is 0 Å². The van der Waals surface area contributed by atoms with E-state index in [9.17, 15) is 0 Å². The molecule has 0 atom stereocenters. The molecule has 0 radical (unpaired) electrons. The van der Waals surface area contributed by atoms with E-state index >= 15 is 0 Å². The molecule has 0 aliphatic rings. The second-order valence-electron chi connectivity index (χ2n) is 5.91. The topological polar surface area (TPSA) is 44.2 Å². The summed E-state index contributed by atoms with van der Waals surface area (Å²) in [5.41, 5.74) is 3.79. The van der Waals surface area contributed by atoms with Gasteiger partial charge in [0.2, 0.25) is 0 Å². The normalized spacial score (nSPS) is 10.6. The van der Waals surface area contributed by atoms with Gasteiger partial charge in [-0.1, -0.05) is 6.07 Å². The Morgan fingerprint density at radius 1 is 0.750 bits per heavy atom. The summed E-state index contributed by atoms with van der Waals surface area (Å²) in [5.74, 6) is 1.64. The fourth-order valence-electron chi connectivity index (χ4n) is 2.70. The van der Waals surface area contributed by atoms with Crippen molar-refractivity contribution < 1.29 is 9.47 Å². The number of hydrogen-bond acceptors (Lipinski definition) is 6. The number of thiophene rings is 1. The summed E-state index contributed by atoms with van der Waals surface area (Å²) in [6, 6.07) is 21.9. The second kappa shape index (κ2) is 8.46. The van der Waals surface area contributed by atoms with Gasteiger partial charge in [0, 0.05) is 11.1 Å². The van der Waals surface area contributed by atoms with E-state index in [-0.39, 0.29) is 0 Å². The van der Waals surface area contributed by atoms with E-state index in [4.69, 9.17) is 19.4 Å². The molecule has 4 aromatic rings. The fourth-order valence-corrected chi connectivity index (χ4v) is 4.35. The largest absolute Gasteiger partial charge is 0.497 e. The average Bonchev–Trinajstić information content (AvgIpc) is 3.26. The molecule has 2 aromatic heterocycles. The molecule has 0 aliphatic carbocycles. The number of rotatable bonds is 6. The smallest absolute Gasteiger partial charge is 0.194 e. The van der Waals surface area contributed by atoms with Crippen molar-refractivity contribution in [3.63, 3.8) is 0 Å². The first-order chi connectivity index (χ1) is 13.7. The number of aromatic nitrogens is 2. The molecule has 0 saturated heterocycles. The van der Waals surface area contributed by atoms with Crippen LogP contribution in [0.15, 0.2) is 81.5 Å². The molecule has 0 fully saturated rings. The van der Waals surface area contributed by atoms with Crippen molar-refractivity contribution >= 4 is 23.1 Å². The highest BCUT2D eigenvalue weighted by Gasteiger charge is 2.11. The number of methoxy groups -OCH3 is 2. The van der Waals surface area contributed by atoms with Crippen molar-refractivity contribution in [1.29, 1.82) is 0 Å². The predicted octanol–water partition coefficient (Wildman–Crippen LogP) is 6.04. The van der Waals surface area contributed by atoms with Gasteiger partial charge in [-0.05, 0) is 77.8 Å². The van der Waals surface area contributed by atoms with Crippen LogP contribution in [-0.2, 0) is 0 Å². The zero-order chi connectivity index (χ0) is 19.3. The van der Waals surface area contributed by atoms with Crippen LogP contribution >= 0.6 is 23.1 Å².